The van der Waals surface area contributed by atoms with E-state index >= 15 is 0 Å². The molecule has 1 aromatic heterocycles. The molecule has 6 heteroatoms. The van der Waals surface area contributed by atoms with Gasteiger partial charge in [0.05, 0.1) is 5.69 Å². The molecule has 2 aromatic rings. The number of H-pyrrole nitrogens is 1. The van der Waals surface area contributed by atoms with Crippen LogP contribution in [0.5, 0.6) is 0 Å². The normalized spacial score (nSPS) is 19.5. The molecule has 3 rings (SSSR count). The van der Waals surface area contributed by atoms with Gasteiger partial charge in [0.15, 0.2) is 4.77 Å². The summed E-state index contributed by atoms with van der Waals surface area (Å²) in [5.74, 6) is 1.44. The molecule has 100 valence electrons. The molecule has 1 saturated heterocycles. The Morgan fingerprint density at radius 3 is 3.05 bits per heavy atom. The molecular weight excluding hydrogens is 324 g/mol. The molecule has 19 heavy (non-hydrogen) atoms. The summed E-state index contributed by atoms with van der Waals surface area (Å²) in [5.41, 5.74) is 1.05. The van der Waals surface area contributed by atoms with Crippen molar-refractivity contribution >= 4 is 28.1 Å². The molecular formula is C13H15BrN4S. The standard InChI is InChI=1S/C13H15BrN4S/c14-10-4-1-5-11(7-10)18-12(16-17-13(18)19)9-3-2-6-15-8-9/h1,4-5,7,9,15H,2-3,6,8H2,(H,17,19). The van der Waals surface area contributed by atoms with Crippen LogP contribution in [0.4, 0.5) is 0 Å². The molecule has 0 amide bonds. The maximum atomic E-state index is 5.38. The van der Waals surface area contributed by atoms with E-state index < -0.39 is 0 Å². The van der Waals surface area contributed by atoms with Gasteiger partial charge in [0.1, 0.15) is 5.82 Å². The van der Waals surface area contributed by atoms with E-state index in [0.29, 0.717) is 10.7 Å². The second-order valence-electron chi connectivity index (χ2n) is 4.75. The van der Waals surface area contributed by atoms with Crippen LogP contribution in [0.25, 0.3) is 5.69 Å². The maximum absolute atomic E-state index is 5.38. The van der Waals surface area contributed by atoms with Gasteiger partial charge < -0.3 is 5.32 Å². The van der Waals surface area contributed by atoms with Crippen molar-refractivity contribution in [2.24, 2.45) is 0 Å². The molecule has 0 radical (unpaired) electrons. The minimum Gasteiger partial charge on any atom is -0.316 e. The van der Waals surface area contributed by atoms with Gasteiger partial charge in [-0.1, -0.05) is 22.0 Å². The van der Waals surface area contributed by atoms with Gasteiger partial charge >= 0.3 is 0 Å². The van der Waals surface area contributed by atoms with Gasteiger partial charge in [-0.3, -0.25) is 9.67 Å². The molecule has 0 aliphatic carbocycles. The van der Waals surface area contributed by atoms with E-state index in [-0.39, 0.29) is 0 Å². The summed E-state index contributed by atoms with van der Waals surface area (Å²) in [6, 6.07) is 8.13. The van der Waals surface area contributed by atoms with Crippen molar-refractivity contribution in [3.05, 3.63) is 39.3 Å². The summed E-state index contributed by atoms with van der Waals surface area (Å²) in [4.78, 5) is 0. The monoisotopic (exact) mass is 338 g/mol. The van der Waals surface area contributed by atoms with Gasteiger partial charge in [0.2, 0.25) is 0 Å². The number of nitrogens with one attached hydrogen (secondary N) is 2. The van der Waals surface area contributed by atoms with E-state index in [1.165, 1.54) is 6.42 Å². The highest BCUT2D eigenvalue weighted by molar-refractivity contribution is 9.10. The minimum atomic E-state index is 0.417. The van der Waals surface area contributed by atoms with Crippen LogP contribution in [-0.2, 0) is 0 Å². The van der Waals surface area contributed by atoms with E-state index in [9.17, 15) is 0 Å². The van der Waals surface area contributed by atoms with Crippen molar-refractivity contribution in [3.63, 3.8) is 0 Å². The number of benzene rings is 1. The van der Waals surface area contributed by atoms with Gasteiger partial charge in [0.25, 0.3) is 0 Å². The number of rotatable bonds is 2. The lowest BCUT2D eigenvalue weighted by molar-refractivity contribution is 0.442. The van der Waals surface area contributed by atoms with Crippen LogP contribution in [0.3, 0.4) is 0 Å². The maximum Gasteiger partial charge on any atom is 0.199 e. The first kappa shape index (κ1) is 13.0. The van der Waals surface area contributed by atoms with Crippen LogP contribution in [0.2, 0.25) is 0 Å². The first-order chi connectivity index (χ1) is 9.25. The Hall–Kier alpha value is -0.980. The summed E-state index contributed by atoms with van der Waals surface area (Å²) >= 11 is 8.88. The number of halogens is 1. The third-order valence-corrected chi connectivity index (χ3v) is 4.19. The second-order valence-corrected chi connectivity index (χ2v) is 6.05. The molecule has 1 aromatic carbocycles. The molecule has 1 atom stereocenters. The van der Waals surface area contributed by atoms with E-state index in [1.54, 1.807) is 0 Å². The highest BCUT2D eigenvalue weighted by Crippen LogP contribution is 2.25. The second kappa shape index (κ2) is 5.56. The van der Waals surface area contributed by atoms with Crippen LogP contribution in [0, 0.1) is 4.77 Å². The fourth-order valence-corrected chi connectivity index (χ4v) is 3.15. The quantitative estimate of drug-likeness (QED) is 0.826. The fraction of sp³-hybridized carbons (Fsp3) is 0.385. The van der Waals surface area contributed by atoms with Crippen molar-refractivity contribution in [2.45, 2.75) is 18.8 Å². The fourth-order valence-electron chi connectivity index (χ4n) is 2.52. The Morgan fingerprint density at radius 1 is 1.42 bits per heavy atom. The molecule has 2 N–H and O–H groups in total. The van der Waals surface area contributed by atoms with Crippen LogP contribution in [-0.4, -0.2) is 27.9 Å². The number of piperidine rings is 1. The molecule has 1 fully saturated rings. The molecule has 1 aliphatic rings. The average Bonchev–Trinajstić information content (AvgIpc) is 2.82. The summed E-state index contributed by atoms with van der Waals surface area (Å²) in [6.07, 6.45) is 2.34. The van der Waals surface area contributed by atoms with E-state index in [0.717, 1.165) is 35.5 Å². The van der Waals surface area contributed by atoms with Crippen LogP contribution in [0.15, 0.2) is 28.7 Å². The van der Waals surface area contributed by atoms with Crippen molar-refractivity contribution in [1.29, 1.82) is 0 Å². The van der Waals surface area contributed by atoms with Crippen molar-refractivity contribution in [1.82, 2.24) is 20.1 Å². The predicted molar refractivity (Wildman–Crippen MR) is 81.3 cm³/mol. The van der Waals surface area contributed by atoms with Gasteiger partial charge in [-0.25, -0.2) is 0 Å². The van der Waals surface area contributed by atoms with E-state index in [1.807, 2.05) is 16.7 Å². The van der Waals surface area contributed by atoms with E-state index in [4.69, 9.17) is 12.2 Å². The molecule has 0 saturated carbocycles. The number of hydrogen-bond donors (Lipinski definition) is 2. The predicted octanol–water partition coefficient (Wildman–Crippen LogP) is 3.16. The zero-order chi connectivity index (χ0) is 13.2. The van der Waals surface area contributed by atoms with Crippen LogP contribution >= 0.6 is 28.1 Å². The summed E-state index contributed by atoms with van der Waals surface area (Å²) in [6.45, 7) is 2.06. The molecule has 0 spiro atoms. The van der Waals surface area contributed by atoms with Crippen molar-refractivity contribution in [2.75, 3.05) is 13.1 Å². The number of hydrogen-bond acceptors (Lipinski definition) is 3. The Balaban J connectivity index is 2.05. The largest absolute Gasteiger partial charge is 0.316 e. The minimum absolute atomic E-state index is 0.417. The zero-order valence-electron chi connectivity index (χ0n) is 10.4. The van der Waals surface area contributed by atoms with Crippen molar-refractivity contribution in [3.8, 4) is 5.69 Å². The van der Waals surface area contributed by atoms with Crippen LogP contribution in [0.1, 0.15) is 24.6 Å². The summed E-state index contributed by atoms with van der Waals surface area (Å²) in [7, 11) is 0. The number of aromatic nitrogens is 3. The Morgan fingerprint density at radius 2 is 2.32 bits per heavy atom. The lowest BCUT2D eigenvalue weighted by Gasteiger charge is -2.22. The summed E-state index contributed by atoms with van der Waals surface area (Å²) in [5, 5.41) is 10.8. The van der Waals surface area contributed by atoms with Gasteiger partial charge in [-0.05, 0) is 49.8 Å². The van der Waals surface area contributed by atoms with Crippen molar-refractivity contribution < 1.29 is 0 Å². The SMILES string of the molecule is S=c1[nH]nc(C2CCCNC2)n1-c1cccc(Br)c1. The van der Waals surface area contributed by atoms with Gasteiger partial charge in [0, 0.05) is 16.9 Å². The third kappa shape index (κ3) is 2.66. The van der Waals surface area contributed by atoms with E-state index in [2.05, 4.69) is 43.6 Å². The first-order valence-electron chi connectivity index (χ1n) is 6.39. The average molecular weight is 339 g/mol. The van der Waals surface area contributed by atoms with Gasteiger partial charge in [-0.2, -0.15) is 5.10 Å². The Labute approximate surface area is 125 Å². The third-order valence-electron chi connectivity index (χ3n) is 3.43. The molecule has 0 bridgehead atoms. The molecule has 2 heterocycles. The summed E-state index contributed by atoms with van der Waals surface area (Å²) < 4.78 is 3.73. The Kier molecular flexibility index (Phi) is 3.81. The number of nitrogens with zero attached hydrogens (tertiary/aromatic N) is 2. The highest BCUT2D eigenvalue weighted by atomic mass is 79.9. The molecule has 1 unspecified atom stereocenters. The highest BCUT2D eigenvalue weighted by Gasteiger charge is 2.21. The lowest BCUT2D eigenvalue weighted by atomic mass is 9.99. The zero-order valence-corrected chi connectivity index (χ0v) is 12.8. The first-order valence-corrected chi connectivity index (χ1v) is 7.60. The Bertz CT molecular complexity index is 628. The topological polar surface area (TPSA) is 45.6 Å². The lowest BCUT2D eigenvalue weighted by Crippen LogP contribution is -2.30. The molecule has 1 aliphatic heterocycles. The number of aromatic amines is 1. The van der Waals surface area contributed by atoms with Gasteiger partial charge in [-0.15, -0.1) is 0 Å². The molecule has 4 nitrogen and oxygen atoms in total. The smallest absolute Gasteiger partial charge is 0.199 e. The van der Waals surface area contributed by atoms with Crippen LogP contribution < -0.4 is 5.32 Å².